The third-order valence-corrected chi connectivity index (χ3v) is 7.82. The van der Waals surface area contributed by atoms with Crippen molar-refractivity contribution < 1.29 is 14.7 Å². The molecule has 0 aromatic heterocycles. The molecule has 0 aromatic carbocycles. The number of unbranched alkanes of at least 4 members (excludes halogenated alkanes) is 22. The number of nitrogens with one attached hydrogen (secondary N) is 1. The van der Waals surface area contributed by atoms with Crippen molar-refractivity contribution in [1.29, 1.82) is 0 Å². The maximum absolute atomic E-state index is 11.4. The van der Waals surface area contributed by atoms with E-state index in [0.29, 0.717) is 19.4 Å². The monoisotopic (exact) mass is 619 g/mol. The summed E-state index contributed by atoms with van der Waals surface area (Å²) in [4.78, 5) is 21.8. The molecule has 258 valence electrons. The predicted octanol–water partition coefficient (Wildman–Crippen LogP) is 11.7. The molecule has 0 unspecified atom stereocenters. The van der Waals surface area contributed by atoms with E-state index < -0.39 is 5.97 Å². The number of carboxylic acids is 1. The van der Waals surface area contributed by atoms with Gasteiger partial charge in [-0.05, 0) is 64.2 Å². The van der Waals surface area contributed by atoms with Gasteiger partial charge >= 0.3 is 5.97 Å². The fraction of sp³-hybridized carbons (Fsp3) is 0.795. The number of carbonyl (C=O) groups excluding carboxylic acids is 1. The number of aliphatic carboxylic acids is 1. The van der Waals surface area contributed by atoms with Crippen LogP contribution in [-0.2, 0) is 9.59 Å². The molecular formula is C39H74N2O3. The Morgan fingerprint density at radius 1 is 0.500 bits per heavy atom. The van der Waals surface area contributed by atoms with Crippen molar-refractivity contribution in [3.8, 4) is 0 Å². The molecule has 0 radical (unpaired) electrons. The van der Waals surface area contributed by atoms with Crippen LogP contribution in [-0.4, -0.2) is 23.5 Å². The van der Waals surface area contributed by atoms with E-state index in [1.807, 2.05) is 0 Å². The number of hydrogen-bond acceptors (Lipinski definition) is 3. The lowest BCUT2D eigenvalue weighted by Crippen LogP contribution is -2.16. The first-order valence-electron chi connectivity index (χ1n) is 18.7. The van der Waals surface area contributed by atoms with Gasteiger partial charge in [-0.3, -0.25) is 9.59 Å². The fourth-order valence-corrected chi connectivity index (χ4v) is 5.00. The Morgan fingerprint density at radius 3 is 1.20 bits per heavy atom. The summed E-state index contributed by atoms with van der Waals surface area (Å²) in [6.45, 7) is 4.99. The maximum atomic E-state index is 11.4. The molecule has 0 spiro atoms. The van der Waals surface area contributed by atoms with Gasteiger partial charge in [-0.1, -0.05) is 147 Å². The molecule has 44 heavy (non-hydrogen) atoms. The van der Waals surface area contributed by atoms with Crippen LogP contribution < -0.4 is 11.1 Å². The van der Waals surface area contributed by atoms with E-state index in [-0.39, 0.29) is 5.91 Å². The van der Waals surface area contributed by atoms with Crippen LogP contribution in [0.1, 0.15) is 194 Å². The standard InChI is InChI=1S/C21H40N2O.C18H34O2/c1-2-3-4-5-6-7-8-9-10-11-12-13-14-15-16-18-21(24)23-20-17-19-22;1-2-3-4-5-6-7-8-9-10-11-12-13-14-15-16-17-18(19)20/h9-10,17,20H,2-8,11-16,18-19,22H2,1H3,(H,23,24);9-10H,2-8,11-17H2,1H3,(H,19,20). The van der Waals surface area contributed by atoms with Gasteiger partial charge in [0.15, 0.2) is 0 Å². The van der Waals surface area contributed by atoms with Gasteiger partial charge in [0.05, 0.1) is 0 Å². The summed E-state index contributed by atoms with van der Waals surface area (Å²) in [5.41, 5.74) is 5.31. The van der Waals surface area contributed by atoms with Crippen molar-refractivity contribution in [3.05, 3.63) is 36.6 Å². The lowest BCUT2D eigenvalue weighted by molar-refractivity contribution is -0.137. The van der Waals surface area contributed by atoms with E-state index in [2.05, 4.69) is 43.5 Å². The molecule has 0 rings (SSSR count). The molecule has 0 aromatic rings. The second kappa shape index (κ2) is 41.1. The van der Waals surface area contributed by atoms with Gasteiger partial charge in [0.1, 0.15) is 0 Å². The maximum Gasteiger partial charge on any atom is 0.303 e. The van der Waals surface area contributed by atoms with Crippen molar-refractivity contribution in [2.24, 2.45) is 5.73 Å². The Hall–Kier alpha value is -1.88. The van der Waals surface area contributed by atoms with Crippen LogP contribution in [0.4, 0.5) is 0 Å². The predicted molar refractivity (Wildman–Crippen MR) is 193 cm³/mol. The number of carboxylic acid groups (broad SMARTS) is 1. The van der Waals surface area contributed by atoms with Gasteiger partial charge < -0.3 is 16.2 Å². The first-order chi connectivity index (χ1) is 21.6. The molecular weight excluding hydrogens is 544 g/mol. The number of nitrogens with two attached hydrogens (primary N) is 1. The van der Waals surface area contributed by atoms with E-state index in [9.17, 15) is 9.59 Å². The minimum atomic E-state index is -0.664. The fourth-order valence-electron chi connectivity index (χ4n) is 5.00. The summed E-state index contributed by atoms with van der Waals surface area (Å²) in [7, 11) is 0. The van der Waals surface area contributed by atoms with Crippen molar-refractivity contribution >= 4 is 11.9 Å². The van der Waals surface area contributed by atoms with Gasteiger partial charge in [0.2, 0.25) is 5.91 Å². The third kappa shape index (κ3) is 44.6. The molecule has 0 aliphatic rings. The van der Waals surface area contributed by atoms with Crippen LogP contribution >= 0.6 is 0 Å². The number of allylic oxidation sites excluding steroid dienone is 4. The second-order valence-corrected chi connectivity index (χ2v) is 12.3. The zero-order valence-electron chi connectivity index (χ0n) is 29.3. The Morgan fingerprint density at radius 2 is 0.841 bits per heavy atom. The first kappa shape index (κ1) is 44.2. The number of hydrogen-bond donors (Lipinski definition) is 3. The zero-order valence-corrected chi connectivity index (χ0v) is 29.3. The van der Waals surface area contributed by atoms with Crippen LogP contribution in [0.15, 0.2) is 36.6 Å². The molecule has 4 N–H and O–H groups in total. The van der Waals surface area contributed by atoms with Crippen LogP contribution in [0.2, 0.25) is 0 Å². The smallest absolute Gasteiger partial charge is 0.303 e. The largest absolute Gasteiger partial charge is 0.481 e. The van der Waals surface area contributed by atoms with Gasteiger partial charge in [-0.2, -0.15) is 0 Å². The average Bonchev–Trinajstić information content (AvgIpc) is 3.01. The Kier molecular flexibility index (Phi) is 41.3. The summed E-state index contributed by atoms with van der Waals surface area (Å²) in [5, 5.41) is 11.2. The highest BCUT2D eigenvalue weighted by molar-refractivity contribution is 5.76. The van der Waals surface area contributed by atoms with Crippen LogP contribution in [0, 0.1) is 0 Å². The van der Waals surface area contributed by atoms with Crippen molar-refractivity contribution in [2.75, 3.05) is 6.54 Å². The Labute approximate surface area is 274 Å². The van der Waals surface area contributed by atoms with Gasteiger partial charge in [0, 0.05) is 25.6 Å². The zero-order chi connectivity index (χ0) is 32.6. The van der Waals surface area contributed by atoms with Crippen LogP contribution in [0.5, 0.6) is 0 Å². The Bertz CT molecular complexity index is 672. The highest BCUT2D eigenvalue weighted by Gasteiger charge is 1.98. The van der Waals surface area contributed by atoms with Crippen LogP contribution in [0.25, 0.3) is 0 Å². The summed E-state index contributed by atoms with van der Waals surface area (Å²) in [6.07, 6.45) is 46.6. The van der Waals surface area contributed by atoms with Crippen molar-refractivity contribution in [1.82, 2.24) is 5.32 Å². The van der Waals surface area contributed by atoms with Crippen molar-refractivity contribution in [3.63, 3.8) is 0 Å². The first-order valence-corrected chi connectivity index (χ1v) is 18.7. The molecule has 5 heteroatoms. The van der Waals surface area contributed by atoms with Crippen LogP contribution in [0.3, 0.4) is 0 Å². The van der Waals surface area contributed by atoms with E-state index >= 15 is 0 Å². The van der Waals surface area contributed by atoms with Gasteiger partial charge in [0.25, 0.3) is 0 Å². The lowest BCUT2D eigenvalue weighted by Gasteiger charge is -2.01. The Balaban J connectivity index is 0. The quantitative estimate of drug-likeness (QED) is 0.0516. The minimum Gasteiger partial charge on any atom is -0.481 e. The van der Waals surface area contributed by atoms with Crippen molar-refractivity contribution in [2.45, 2.75) is 194 Å². The highest BCUT2D eigenvalue weighted by atomic mass is 16.4. The second-order valence-electron chi connectivity index (χ2n) is 12.3. The van der Waals surface area contributed by atoms with E-state index in [1.165, 1.54) is 141 Å². The molecule has 0 aliphatic carbocycles. The SMILES string of the molecule is CCCCCCCCC=CCCCCCCCC(=O)NC=CCN.CCCCCCCCC=CCCCCCCCC(=O)O. The molecule has 0 heterocycles. The average molecular weight is 619 g/mol. The van der Waals surface area contributed by atoms with E-state index in [4.69, 9.17) is 10.8 Å². The molecule has 5 nitrogen and oxygen atoms in total. The summed E-state index contributed by atoms with van der Waals surface area (Å²) in [6, 6.07) is 0. The number of carbonyl (C=O) groups is 2. The highest BCUT2D eigenvalue weighted by Crippen LogP contribution is 2.11. The molecule has 0 aliphatic heterocycles. The summed E-state index contributed by atoms with van der Waals surface area (Å²) >= 11 is 0. The lowest BCUT2D eigenvalue weighted by atomic mass is 10.1. The number of amides is 1. The molecule has 1 amide bonds. The normalized spacial score (nSPS) is 11.4. The van der Waals surface area contributed by atoms with Gasteiger partial charge in [-0.15, -0.1) is 0 Å². The van der Waals surface area contributed by atoms with E-state index in [1.54, 1.807) is 12.3 Å². The molecule has 0 atom stereocenters. The number of rotatable bonds is 32. The molecule has 0 saturated heterocycles. The minimum absolute atomic E-state index is 0.0947. The molecule has 0 fully saturated rings. The topological polar surface area (TPSA) is 92.4 Å². The molecule has 0 saturated carbocycles. The third-order valence-electron chi connectivity index (χ3n) is 7.82. The van der Waals surface area contributed by atoms with Gasteiger partial charge in [-0.25, -0.2) is 0 Å². The molecule has 0 bridgehead atoms. The summed E-state index contributed by atoms with van der Waals surface area (Å²) < 4.78 is 0. The van der Waals surface area contributed by atoms with E-state index in [0.717, 1.165) is 25.7 Å². The summed E-state index contributed by atoms with van der Waals surface area (Å²) in [5.74, 6) is -0.569.